The summed E-state index contributed by atoms with van der Waals surface area (Å²) in [7, 11) is 0. The van der Waals surface area contributed by atoms with Crippen molar-refractivity contribution in [2.45, 2.75) is 44.6 Å². The molecule has 0 aromatic heterocycles. The number of hydrogen-bond acceptors (Lipinski definition) is 1. The molecule has 0 amide bonds. The van der Waals surface area contributed by atoms with Crippen LogP contribution in [-0.4, -0.2) is 17.6 Å². The Kier molecular flexibility index (Phi) is 2.82. The van der Waals surface area contributed by atoms with E-state index in [1.54, 1.807) is 0 Å². The predicted octanol–water partition coefficient (Wildman–Crippen LogP) is 2.82. The Morgan fingerprint density at radius 3 is 2.55 bits per heavy atom. The molecule has 66 valence electrons. The summed E-state index contributed by atoms with van der Waals surface area (Å²) in [5.74, 6) is 0.639. The maximum Gasteiger partial charge on any atom is 0.0629 e. The fraction of sp³-hybridized carbons (Fsp3) is 1.00. The van der Waals surface area contributed by atoms with Gasteiger partial charge in [-0.3, -0.25) is 0 Å². The van der Waals surface area contributed by atoms with E-state index in [-0.39, 0.29) is 11.0 Å². The highest BCUT2D eigenvalue weighted by Crippen LogP contribution is 2.32. The van der Waals surface area contributed by atoms with Crippen molar-refractivity contribution >= 4 is 11.6 Å². The second-order valence-corrected chi connectivity index (χ2v) is 4.73. The summed E-state index contributed by atoms with van der Waals surface area (Å²) in [6.07, 6.45) is 2.21. The van der Waals surface area contributed by atoms with Crippen molar-refractivity contribution < 1.29 is 4.74 Å². The molecule has 2 unspecified atom stereocenters. The summed E-state index contributed by atoms with van der Waals surface area (Å²) in [4.78, 5) is 0. The largest absolute Gasteiger partial charge is 0.376 e. The van der Waals surface area contributed by atoms with Crippen molar-refractivity contribution in [3.8, 4) is 0 Å². The van der Waals surface area contributed by atoms with Gasteiger partial charge in [-0.25, -0.2) is 0 Å². The van der Waals surface area contributed by atoms with Crippen molar-refractivity contribution in [2.24, 2.45) is 5.92 Å². The van der Waals surface area contributed by atoms with Gasteiger partial charge in [0.2, 0.25) is 0 Å². The van der Waals surface area contributed by atoms with Gasteiger partial charge in [0.25, 0.3) is 0 Å². The molecule has 0 aliphatic carbocycles. The molecule has 11 heavy (non-hydrogen) atoms. The molecule has 1 saturated heterocycles. The van der Waals surface area contributed by atoms with Crippen molar-refractivity contribution in [2.75, 3.05) is 6.61 Å². The maximum absolute atomic E-state index is 6.03. The molecule has 1 heterocycles. The highest BCUT2D eigenvalue weighted by molar-refractivity contribution is 6.20. The van der Waals surface area contributed by atoms with Gasteiger partial charge in [0.05, 0.1) is 5.60 Å². The Labute approximate surface area is 74.1 Å². The molecule has 0 N–H and O–H groups in total. The van der Waals surface area contributed by atoms with Gasteiger partial charge < -0.3 is 4.74 Å². The highest BCUT2D eigenvalue weighted by atomic mass is 35.5. The third-order valence-electron chi connectivity index (χ3n) is 2.38. The number of hydrogen-bond donors (Lipinski definition) is 0. The van der Waals surface area contributed by atoms with Gasteiger partial charge in [-0.15, -0.1) is 11.6 Å². The van der Waals surface area contributed by atoms with Gasteiger partial charge in [-0.1, -0.05) is 0 Å². The molecule has 0 aromatic rings. The summed E-state index contributed by atoms with van der Waals surface area (Å²) < 4.78 is 5.59. The number of alkyl halides is 1. The quantitative estimate of drug-likeness (QED) is 0.559. The van der Waals surface area contributed by atoms with Crippen LogP contribution in [0.3, 0.4) is 0 Å². The summed E-state index contributed by atoms with van der Waals surface area (Å²) in [5, 5.41) is 0.290. The van der Waals surface area contributed by atoms with Gasteiger partial charge in [0, 0.05) is 12.0 Å². The molecule has 2 heteroatoms. The van der Waals surface area contributed by atoms with Crippen molar-refractivity contribution in [3.05, 3.63) is 0 Å². The van der Waals surface area contributed by atoms with Crippen molar-refractivity contribution in [3.63, 3.8) is 0 Å². The zero-order valence-electron chi connectivity index (χ0n) is 7.56. The van der Waals surface area contributed by atoms with E-state index in [1.165, 1.54) is 0 Å². The Morgan fingerprint density at radius 1 is 1.55 bits per heavy atom. The van der Waals surface area contributed by atoms with E-state index in [9.17, 15) is 0 Å². The van der Waals surface area contributed by atoms with Gasteiger partial charge >= 0.3 is 0 Å². The van der Waals surface area contributed by atoms with Crippen LogP contribution < -0.4 is 0 Å². The molecular formula is C9H17ClO. The number of ether oxygens (including phenoxy) is 1. The molecule has 0 aromatic carbocycles. The highest BCUT2D eigenvalue weighted by Gasteiger charge is 2.30. The Morgan fingerprint density at radius 2 is 2.18 bits per heavy atom. The van der Waals surface area contributed by atoms with Crippen LogP contribution in [0.4, 0.5) is 0 Å². The van der Waals surface area contributed by atoms with E-state index in [2.05, 4.69) is 20.8 Å². The molecule has 2 atom stereocenters. The molecule has 0 saturated carbocycles. The lowest BCUT2D eigenvalue weighted by Gasteiger charge is -2.36. The van der Waals surface area contributed by atoms with Crippen LogP contribution in [0.2, 0.25) is 0 Å². The first-order valence-electron chi connectivity index (χ1n) is 4.29. The van der Waals surface area contributed by atoms with E-state index >= 15 is 0 Å². The molecule has 1 aliphatic heterocycles. The maximum atomic E-state index is 6.03. The predicted molar refractivity (Wildman–Crippen MR) is 48.1 cm³/mol. The second-order valence-electron chi connectivity index (χ2n) is 4.04. The molecule has 1 fully saturated rings. The van der Waals surface area contributed by atoms with Crippen LogP contribution in [-0.2, 0) is 4.74 Å². The summed E-state index contributed by atoms with van der Waals surface area (Å²) in [5.41, 5.74) is 0.0477. The zero-order chi connectivity index (χ0) is 8.48. The van der Waals surface area contributed by atoms with Crippen LogP contribution in [0.1, 0.15) is 33.6 Å². The monoisotopic (exact) mass is 176 g/mol. The van der Waals surface area contributed by atoms with E-state index in [4.69, 9.17) is 16.3 Å². The van der Waals surface area contributed by atoms with E-state index in [1.807, 2.05) is 0 Å². The average molecular weight is 177 g/mol. The van der Waals surface area contributed by atoms with Gasteiger partial charge in [0.1, 0.15) is 0 Å². The Balaban J connectivity index is 2.46. The normalized spacial score (nSPS) is 33.3. The molecule has 1 rings (SSSR count). The topological polar surface area (TPSA) is 9.23 Å². The molecule has 0 bridgehead atoms. The van der Waals surface area contributed by atoms with Crippen LogP contribution >= 0.6 is 11.6 Å². The third kappa shape index (κ3) is 2.64. The molecule has 0 spiro atoms. The summed E-state index contributed by atoms with van der Waals surface area (Å²) in [6, 6.07) is 0. The summed E-state index contributed by atoms with van der Waals surface area (Å²) >= 11 is 6.03. The number of halogens is 1. The standard InChI is InChI=1S/C9H17ClO/c1-7(10)8-4-5-11-9(2,3)6-8/h7-8H,4-6H2,1-3H3. The first-order valence-corrected chi connectivity index (χ1v) is 4.73. The van der Waals surface area contributed by atoms with Crippen LogP contribution in [0, 0.1) is 5.92 Å². The smallest absolute Gasteiger partial charge is 0.0629 e. The van der Waals surface area contributed by atoms with E-state index in [0.29, 0.717) is 5.92 Å². The first kappa shape index (κ1) is 9.34. The van der Waals surface area contributed by atoms with E-state index < -0.39 is 0 Å². The fourth-order valence-electron chi connectivity index (χ4n) is 1.67. The molecule has 1 aliphatic rings. The summed E-state index contributed by atoms with van der Waals surface area (Å²) in [6.45, 7) is 7.22. The van der Waals surface area contributed by atoms with Gasteiger partial charge in [0.15, 0.2) is 0 Å². The lowest BCUT2D eigenvalue weighted by atomic mass is 9.86. The van der Waals surface area contributed by atoms with Gasteiger partial charge in [-0.05, 0) is 39.5 Å². The Bertz CT molecular complexity index is 132. The second kappa shape index (κ2) is 3.32. The third-order valence-corrected chi connectivity index (χ3v) is 2.74. The fourth-order valence-corrected chi connectivity index (χ4v) is 1.89. The first-order chi connectivity index (χ1) is 5.01. The minimum absolute atomic E-state index is 0.0477. The van der Waals surface area contributed by atoms with Gasteiger partial charge in [-0.2, -0.15) is 0 Å². The molecular weight excluding hydrogens is 160 g/mol. The zero-order valence-corrected chi connectivity index (χ0v) is 8.32. The van der Waals surface area contributed by atoms with Crippen LogP contribution in [0.25, 0.3) is 0 Å². The molecule has 0 radical (unpaired) electrons. The van der Waals surface area contributed by atoms with E-state index in [0.717, 1.165) is 19.4 Å². The minimum Gasteiger partial charge on any atom is -0.376 e. The lowest BCUT2D eigenvalue weighted by Crippen LogP contribution is -2.36. The van der Waals surface area contributed by atoms with Crippen molar-refractivity contribution in [1.29, 1.82) is 0 Å². The van der Waals surface area contributed by atoms with Crippen LogP contribution in [0.5, 0.6) is 0 Å². The van der Waals surface area contributed by atoms with Crippen LogP contribution in [0.15, 0.2) is 0 Å². The average Bonchev–Trinajstić information content (AvgIpc) is 1.85. The Hall–Kier alpha value is 0.250. The molecule has 1 nitrogen and oxygen atoms in total. The van der Waals surface area contributed by atoms with Crippen molar-refractivity contribution in [1.82, 2.24) is 0 Å². The number of rotatable bonds is 1. The SMILES string of the molecule is CC(Cl)C1CCOC(C)(C)C1. The lowest BCUT2D eigenvalue weighted by molar-refractivity contribution is -0.0721. The minimum atomic E-state index is 0.0477.